The number of carbonyl (C=O) groups excluding carboxylic acids is 1. The number of nitrogens with zero attached hydrogens (tertiary/aromatic N) is 2. The number of nitrogens with one attached hydrogen (secondary N) is 1. The van der Waals surface area contributed by atoms with Crippen LogP contribution in [0.1, 0.15) is 65.4 Å². The molecule has 0 saturated carbocycles. The number of para-hydroxylation sites is 2. The minimum atomic E-state index is -0.484. The summed E-state index contributed by atoms with van der Waals surface area (Å²) in [7, 11) is 0. The monoisotopic (exact) mass is 346 g/mol. The summed E-state index contributed by atoms with van der Waals surface area (Å²) in [6.07, 6.45) is 1.11. The van der Waals surface area contributed by atoms with E-state index in [1.54, 1.807) is 0 Å². The SMILES string of the molecule is CC(C)n1c(C(N)CCCNC(=O)OC(C)(C)C)nc2ccccc21. The highest BCUT2D eigenvalue weighted by molar-refractivity contribution is 5.76. The molecular formula is C19H30N4O2. The zero-order chi connectivity index (χ0) is 18.6. The third kappa shape index (κ3) is 5.19. The molecule has 2 rings (SSSR count). The smallest absolute Gasteiger partial charge is 0.407 e. The molecule has 3 N–H and O–H groups in total. The highest BCUT2D eigenvalue weighted by atomic mass is 16.6. The average molecular weight is 346 g/mol. The van der Waals surface area contributed by atoms with Crippen molar-refractivity contribution in [3.63, 3.8) is 0 Å². The molecular weight excluding hydrogens is 316 g/mol. The molecule has 138 valence electrons. The quantitative estimate of drug-likeness (QED) is 0.777. The summed E-state index contributed by atoms with van der Waals surface area (Å²) < 4.78 is 7.42. The van der Waals surface area contributed by atoms with Gasteiger partial charge in [0.15, 0.2) is 0 Å². The van der Waals surface area contributed by atoms with Crippen LogP contribution in [-0.2, 0) is 4.74 Å². The zero-order valence-electron chi connectivity index (χ0n) is 15.9. The van der Waals surface area contributed by atoms with Gasteiger partial charge in [-0.2, -0.15) is 0 Å². The molecule has 6 heteroatoms. The van der Waals surface area contributed by atoms with E-state index >= 15 is 0 Å². The van der Waals surface area contributed by atoms with Crippen LogP contribution in [0.3, 0.4) is 0 Å². The molecule has 0 saturated heterocycles. The Kier molecular flexibility index (Phi) is 6.06. The highest BCUT2D eigenvalue weighted by Crippen LogP contribution is 2.25. The molecule has 1 unspecified atom stereocenters. The molecule has 0 aliphatic heterocycles. The summed E-state index contributed by atoms with van der Waals surface area (Å²) in [5, 5.41) is 2.77. The summed E-state index contributed by atoms with van der Waals surface area (Å²) in [5.74, 6) is 0.897. The molecule has 0 fully saturated rings. The van der Waals surface area contributed by atoms with Crippen molar-refractivity contribution >= 4 is 17.1 Å². The number of carbonyl (C=O) groups is 1. The zero-order valence-corrected chi connectivity index (χ0v) is 15.9. The molecule has 1 heterocycles. The summed E-state index contributed by atoms with van der Waals surface area (Å²) in [6, 6.07) is 8.20. The molecule has 2 aromatic rings. The standard InChI is InChI=1S/C19H30N4O2/c1-13(2)23-16-11-7-6-10-15(16)22-17(23)14(20)9-8-12-21-18(24)25-19(3,4)5/h6-7,10-11,13-14H,8-9,12,20H2,1-5H3,(H,21,24). The Labute approximate surface area is 149 Å². The molecule has 25 heavy (non-hydrogen) atoms. The lowest BCUT2D eigenvalue weighted by atomic mass is 10.1. The van der Waals surface area contributed by atoms with E-state index in [0.717, 1.165) is 29.7 Å². The lowest BCUT2D eigenvalue weighted by Gasteiger charge is -2.20. The van der Waals surface area contributed by atoms with Gasteiger partial charge in [0.25, 0.3) is 0 Å². The molecule has 1 amide bonds. The Morgan fingerprint density at radius 3 is 2.64 bits per heavy atom. The van der Waals surface area contributed by atoms with Crippen molar-refractivity contribution in [2.24, 2.45) is 5.73 Å². The molecule has 6 nitrogen and oxygen atoms in total. The maximum Gasteiger partial charge on any atom is 0.407 e. The van der Waals surface area contributed by atoms with Gasteiger partial charge in [-0.3, -0.25) is 0 Å². The predicted molar refractivity (Wildman–Crippen MR) is 101 cm³/mol. The van der Waals surface area contributed by atoms with Crippen LogP contribution in [0.25, 0.3) is 11.0 Å². The second-order valence-corrected chi connectivity index (χ2v) is 7.60. The van der Waals surface area contributed by atoms with Gasteiger partial charge in [-0.25, -0.2) is 9.78 Å². The first-order valence-electron chi connectivity index (χ1n) is 8.88. The van der Waals surface area contributed by atoms with Crippen molar-refractivity contribution in [3.05, 3.63) is 30.1 Å². The van der Waals surface area contributed by atoms with E-state index in [-0.39, 0.29) is 12.1 Å². The van der Waals surface area contributed by atoms with E-state index in [4.69, 9.17) is 15.5 Å². The first kappa shape index (κ1) is 19.2. The fraction of sp³-hybridized carbons (Fsp3) is 0.579. The fourth-order valence-electron chi connectivity index (χ4n) is 2.82. The van der Waals surface area contributed by atoms with E-state index in [1.807, 2.05) is 39.0 Å². The van der Waals surface area contributed by atoms with Crippen LogP contribution in [0.2, 0.25) is 0 Å². The minimum Gasteiger partial charge on any atom is -0.444 e. The van der Waals surface area contributed by atoms with Crippen molar-refractivity contribution in [2.75, 3.05) is 6.54 Å². The molecule has 0 aliphatic carbocycles. The van der Waals surface area contributed by atoms with Crippen LogP contribution in [0.5, 0.6) is 0 Å². The topological polar surface area (TPSA) is 82.2 Å². The molecule has 1 aromatic heterocycles. The molecule has 1 atom stereocenters. The van der Waals surface area contributed by atoms with Gasteiger partial charge < -0.3 is 20.4 Å². The number of rotatable bonds is 6. The summed E-state index contributed by atoms with van der Waals surface area (Å²) in [4.78, 5) is 16.4. The van der Waals surface area contributed by atoms with Crippen LogP contribution in [0, 0.1) is 0 Å². The van der Waals surface area contributed by atoms with Gasteiger partial charge in [0.05, 0.1) is 17.1 Å². The number of hydrogen-bond acceptors (Lipinski definition) is 4. The van der Waals surface area contributed by atoms with Gasteiger partial charge in [0, 0.05) is 12.6 Å². The second-order valence-electron chi connectivity index (χ2n) is 7.60. The maximum atomic E-state index is 11.7. The van der Waals surface area contributed by atoms with Crippen LogP contribution >= 0.6 is 0 Å². The van der Waals surface area contributed by atoms with E-state index in [2.05, 4.69) is 29.8 Å². The number of amides is 1. The number of aromatic nitrogens is 2. The number of benzene rings is 1. The lowest BCUT2D eigenvalue weighted by molar-refractivity contribution is 0.0526. The van der Waals surface area contributed by atoms with Crippen LogP contribution < -0.4 is 11.1 Å². The number of hydrogen-bond donors (Lipinski definition) is 2. The van der Waals surface area contributed by atoms with Crippen molar-refractivity contribution < 1.29 is 9.53 Å². The van der Waals surface area contributed by atoms with Crippen LogP contribution in [0.4, 0.5) is 4.79 Å². The Balaban J connectivity index is 1.95. The van der Waals surface area contributed by atoms with E-state index in [0.29, 0.717) is 6.54 Å². The predicted octanol–water partition coefficient (Wildman–Crippen LogP) is 3.92. The maximum absolute atomic E-state index is 11.7. The summed E-state index contributed by atoms with van der Waals surface area (Å²) in [6.45, 7) is 10.3. The number of nitrogens with two attached hydrogens (primary N) is 1. The molecule has 0 spiro atoms. The second kappa shape index (κ2) is 7.87. The molecule has 1 aromatic carbocycles. The van der Waals surface area contributed by atoms with Crippen molar-refractivity contribution in [3.8, 4) is 0 Å². The normalized spacial score (nSPS) is 13.2. The van der Waals surface area contributed by atoms with Gasteiger partial charge >= 0.3 is 6.09 Å². The Morgan fingerprint density at radius 1 is 1.32 bits per heavy atom. The molecule has 0 bridgehead atoms. The largest absolute Gasteiger partial charge is 0.444 e. The van der Waals surface area contributed by atoms with E-state index in [9.17, 15) is 4.79 Å². The first-order chi connectivity index (χ1) is 11.7. The van der Waals surface area contributed by atoms with Gasteiger partial charge in [-0.1, -0.05) is 12.1 Å². The summed E-state index contributed by atoms with van der Waals surface area (Å²) in [5.41, 5.74) is 7.98. The summed E-state index contributed by atoms with van der Waals surface area (Å²) >= 11 is 0. The molecule has 0 radical (unpaired) electrons. The molecule has 0 aliphatic rings. The van der Waals surface area contributed by atoms with Crippen LogP contribution in [0.15, 0.2) is 24.3 Å². The minimum absolute atomic E-state index is 0.171. The van der Waals surface area contributed by atoms with Crippen molar-refractivity contribution in [1.82, 2.24) is 14.9 Å². The van der Waals surface area contributed by atoms with E-state index in [1.165, 1.54) is 0 Å². The van der Waals surface area contributed by atoms with Crippen LogP contribution in [-0.4, -0.2) is 27.8 Å². The number of alkyl carbamates (subject to hydrolysis) is 1. The average Bonchev–Trinajstić information content (AvgIpc) is 2.89. The number of imidazole rings is 1. The third-order valence-electron chi connectivity index (χ3n) is 3.83. The van der Waals surface area contributed by atoms with Gasteiger partial charge in [0.2, 0.25) is 0 Å². The Hall–Kier alpha value is -2.08. The first-order valence-corrected chi connectivity index (χ1v) is 8.88. The Bertz CT molecular complexity index is 716. The van der Waals surface area contributed by atoms with Crippen molar-refractivity contribution in [2.45, 2.75) is 65.1 Å². The Morgan fingerprint density at radius 2 is 2.00 bits per heavy atom. The lowest BCUT2D eigenvalue weighted by Crippen LogP contribution is -2.33. The highest BCUT2D eigenvalue weighted by Gasteiger charge is 2.19. The van der Waals surface area contributed by atoms with Gasteiger partial charge in [0.1, 0.15) is 11.4 Å². The van der Waals surface area contributed by atoms with Gasteiger partial charge in [-0.05, 0) is 59.6 Å². The number of ether oxygens (including phenoxy) is 1. The number of fused-ring (bicyclic) bond motifs is 1. The van der Waals surface area contributed by atoms with E-state index < -0.39 is 11.7 Å². The third-order valence-corrected chi connectivity index (χ3v) is 3.83. The van der Waals surface area contributed by atoms with Crippen molar-refractivity contribution in [1.29, 1.82) is 0 Å². The fourth-order valence-corrected chi connectivity index (χ4v) is 2.82. The van der Waals surface area contributed by atoms with Gasteiger partial charge in [-0.15, -0.1) is 0 Å².